The standard InChI is InChI=1S/C32H41N3O5S/c1-6-8-21-33-32(37)26(5)34(22-27-13-9-24(3)10-14-27)31(36)23-35(28-15-11-25(4)12-16-28)41(38,39)30-19-17-29(18-20-30)40-7-2/h9-20,26H,6-8,21-23H2,1-5H3,(H,33,37). The maximum atomic E-state index is 14.0. The number of rotatable bonds is 14. The van der Waals surface area contributed by atoms with Gasteiger partial charge in [0.15, 0.2) is 0 Å². The van der Waals surface area contributed by atoms with E-state index in [1.165, 1.54) is 17.0 Å². The largest absolute Gasteiger partial charge is 0.494 e. The molecule has 1 N–H and O–H groups in total. The number of unbranched alkanes of at least 4 members (excludes halogenated alkanes) is 1. The molecule has 2 amide bonds. The maximum Gasteiger partial charge on any atom is 0.264 e. The molecule has 3 aromatic rings. The number of nitrogens with one attached hydrogen (secondary N) is 1. The smallest absolute Gasteiger partial charge is 0.264 e. The van der Waals surface area contributed by atoms with E-state index in [1.807, 2.05) is 52.0 Å². The average molecular weight is 580 g/mol. The summed E-state index contributed by atoms with van der Waals surface area (Å²) in [6.45, 7) is 10.1. The minimum absolute atomic E-state index is 0.0322. The van der Waals surface area contributed by atoms with Gasteiger partial charge in [-0.2, -0.15) is 0 Å². The van der Waals surface area contributed by atoms with Crippen LogP contribution in [0.4, 0.5) is 5.69 Å². The minimum Gasteiger partial charge on any atom is -0.494 e. The van der Waals surface area contributed by atoms with E-state index in [9.17, 15) is 18.0 Å². The number of benzene rings is 3. The number of anilines is 1. The van der Waals surface area contributed by atoms with Gasteiger partial charge >= 0.3 is 0 Å². The molecule has 0 spiro atoms. The molecule has 3 rings (SSSR count). The molecule has 3 aromatic carbocycles. The molecule has 0 aliphatic heterocycles. The van der Waals surface area contributed by atoms with Crippen LogP contribution in [0.15, 0.2) is 77.7 Å². The van der Waals surface area contributed by atoms with Gasteiger partial charge in [0.05, 0.1) is 17.2 Å². The summed E-state index contributed by atoms with van der Waals surface area (Å²) in [5.74, 6) is -0.217. The molecular weight excluding hydrogens is 538 g/mol. The number of hydrogen-bond donors (Lipinski definition) is 1. The summed E-state index contributed by atoms with van der Waals surface area (Å²) in [6.07, 6.45) is 1.75. The fourth-order valence-corrected chi connectivity index (χ4v) is 5.66. The van der Waals surface area contributed by atoms with Crippen molar-refractivity contribution in [2.75, 3.05) is 24.0 Å². The second-order valence-electron chi connectivity index (χ2n) is 10.1. The Bertz CT molecular complexity index is 1390. The van der Waals surface area contributed by atoms with Gasteiger partial charge in [-0.3, -0.25) is 13.9 Å². The van der Waals surface area contributed by atoms with Crippen molar-refractivity contribution in [1.29, 1.82) is 0 Å². The fraction of sp³-hybridized carbons (Fsp3) is 0.375. The van der Waals surface area contributed by atoms with Crippen LogP contribution in [0.3, 0.4) is 0 Å². The minimum atomic E-state index is -4.14. The zero-order valence-corrected chi connectivity index (χ0v) is 25.4. The first kappa shape index (κ1) is 31.7. The van der Waals surface area contributed by atoms with E-state index in [-0.39, 0.29) is 17.3 Å². The number of carbonyl (C=O) groups excluding carboxylic acids is 2. The molecule has 0 aliphatic carbocycles. The highest BCUT2D eigenvalue weighted by atomic mass is 32.2. The van der Waals surface area contributed by atoms with Crippen LogP contribution in [0.1, 0.15) is 50.3 Å². The fourth-order valence-electron chi connectivity index (χ4n) is 4.25. The lowest BCUT2D eigenvalue weighted by Crippen LogP contribution is -2.51. The van der Waals surface area contributed by atoms with Crippen molar-refractivity contribution < 1.29 is 22.7 Å². The van der Waals surface area contributed by atoms with Gasteiger partial charge in [0.25, 0.3) is 10.0 Å². The first-order valence-electron chi connectivity index (χ1n) is 14.0. The quantitative estimate of drug-likeness (QED) is 0.264. The Balaban J connectivity index is 1.98. The molecule has 1 unspecified atom stereocenters. The van der Waals surface area contributed by atoms with Crippen LogP contribution in [0.5, 0.6) is 5.75 Å². The number of amides is 2. The van der Waals surface area contributed by atoms with E-state index in [0.29, 0.717) is 24.6 Å². The van der Waals surface area contributed by atoms with Crippen LogP contribution in [-0.4, -0.2) is 50.9 Å². The lowest BCUT2D eigenvalue weighted by Gasteiger charge is -2.32. The highest BCUT2D eigenvalue weighted by molar-refractivity contribution is 7.92. The molecule has 41 heavy (non-hydrogen) atoms. The van der Waals surface area contributed by atoms with E-state index >= 15 is 0 Å². The zero-order valence-electron chi connectivity index (χ0n) is 24.6. The normalized spacial score (nSPS) is 11.9. The van der Waals surface area contributed by atoms with Gasteiger partial charge in [0.1, 0.15) is 18.3 Å². The summed E-state index contributed by atoms with van der Waals surface area (Å²) in [5, 5.41) is 2.90. The third-order valence-corrected chi connectivity index (χ3v) is 8.58. The number of nitrogens with zero attached hydrogens (tertiary/aromatic N) is 2. The Hall–Kier alpha value is -3.85. The van der Waals surface area contributed by atoms with E-state index in [0.717, 1.165) is 33.8 Å². The van der Waals surface area contributed by atoms with Crippen molar-refractivity contribution >= 4 is 27.5 Å². The topological polar surface area (TPSA) is 96.0 Å². The predicted octanol–water partition coefficient (Wildman–Crippen LogP) is 5.23. The molecule has 220 valence electrons. The Morgan fingerprint density at radius 3 is 2.02 bits per heavy atom. The highest BCUT2D eigenvalue weighted by Gasteiger charge is 2.32. The molecule has 1 atom stereocenters. The highest BCUT2D eigenvalue weighted by Crippen LogP contribution is 2.26. The summed E-state index contributed by atoms with van der Waals surface area (Å²) in [4.78, 5) is 28.5. The van der Waals surface area contributed by atoms with Gasteiger partial charge in [-0.05, 0) is 76.1 Å². The maximum absolute atomic E-state index is 14.0. The SMILES string of the molecule is CCCCNC(=O)C(C)N(Cc1ccc(C)cc1)C(=O)CN(c1ccc(C)cc1)S(=O)(=O)c1ccc(OCC)cc1. The average Bonchev–Trinajstić information content (AvgIpc) is 2.96. The number of hydrogen-bond acceptors (Lipinski definition) is 5. The van der Waals surface area contributed by atoms with Gasteiger partial charge in [-0.1, -0.05) is 60.9 Å². The number of sulfonamides is 1. The lowest BCUT2D eigenvalue weighted by atomic mass is 10.1. The van der Waals surface area contributed by atoms with Gasteiger partial charge in [0.2, 0.25) is 11.8 Å². The van der Waals surface area contributed by atoms with Crippen LogP contribution in [-0.2, 0) is 26.2 Å². The molecule has 8 nitrogen and oxygen atoms in total. The molecular formula is C32H41N3O5S. The van der Waals surface area contributed by atoms with Crippen molar-refractivity contribution in [3.05, 3.63) is 89.5 Å². The Morgan fingerprint density at radius 2 is 1.46 bits per heavy atom. The van der Waals surface area contributed by atoms with E-state index in [1.54, 1.807) is 43.3 Å². The van der Waals surface area contributed by atoms with Crippen molar-refractivity contribution in [2.24, 2.45) is 0 Å². The second kappa shape index (κ2) is 14.7. The zero-order chi connectivity index (χ0) is 30.0. The number of aryl methyl sites for hydroxylation is 2. The monoisotopic (exact) mass is 579 g/mol. The van der Waals surface area contributed by atoms with Gasteiger partial charge in [-0.25, -0.2) is 8.42 Å². The van der Waals surface area contributed by atoms with Crippen LogP contribution in [0, 0.1) is 13.8 Å². The van der Waals surface area contributed by atoms with E-state index < -0.39 is 28.5 Å². The molecule has 0 aromatic heterocycles. The summed E-state index contributed by atoms with van der Waals surface area (Å²) in [5.41, 5.74) is 3.22. The second-order valence-corrected chi connectivity index (χ2v) is 11.9. The molecule has 0 saturated heterocycles. The van der Waals surface area contributed by atoms with Gasteiger partial charge in [-0.15, -0.1) is 0 Å². The van der Waals surface area contributed by atoms with Crippen LogP contribution in [0.2, 0.25) is 0 Å². The molecule has 9 heteroatoms. The van der Waals surface area contributed by atoms with Gasteiger partial charge in [0, 0.05) is 13.1 Å². The van der Waals surface area contributed by atoms with Crippen molar-refractivity contribution in [1.82, 2.24) is 10.2 Å². The number of carbonyl (C=O) groups is 2. The molecule has 0 bridgehead atoms. The first-order chi connectivity index (χ1) is 19.6. The third-order valence-electron chi connectivity index (χ3n) is 6.79. The third kappa shape index (κ3) is 8.57. The van der Waals surface area contributed by atoms with Gasteiger partial charge < -0.3 is 15.0 Å². The molecule has 0 aliphatic rings. The predicted molar refractivity (Wildman–Crippen MR) is 162 cm³/mol. The molecule has 0 heterocycles. The van der Waals surface area contributed by atoms with Crippen LogP contribution in [0.25, 0.3) is 0 Å². The summed E-state index contributed by atoms with van der Waals surface area (Å²) < 4.78 is 34.5. The van der Waals surface area contributed by atoms with E-state index in [4.69, 9.17) is 4.74 Å². The molecule has 0 fully saturated rings. The van der Waals surface area contributed by atoms with Crippen molar-refractivity contribution in [3.63, 3.8) is 0 Å². The summed E-state index contributed by atoms with van der Waals surface area (Å²) in [6, 6.07) is 20.0. The van der Waals surface area contributed by atoms with Crippen LogP contribution >= 0.6 is 0 Å². The summed E-state index contributed by atoms with van der Waals surface area (Å²) in [7, 11) is -4.14. The Kier molecular flexibility index (Phi) is 11.3. The van der Waals surface area contributed by atoms with Crippen LogP contribution < -0.4 is 14.4 Å². The number of ether oxygens (including phenoxy) is 1. The Morgan fingerprint density at radius 1 is 0.878 bits per heavy atom. The van der Waals surface area contributed by atoms with Crippen molar-refractivity contribution in [3.8, 4) is 5.75 Å². The summed E-state index contributed by atoms with van der Waals surface area (Å²) >= 11 is 0. The molecule has 0 saturated carbocycles. The lowest BCUT2D eigenvalue weighted by molar-refractivity contribution is -0.139. The van der Waals surface area contributed by atoms with E-state index in [2.05, 4.69) is 5.32 Å². The molecule has 0 radical (unpaired) electrons. The Labute approximate surface area is 244 Å². The van der Waals surface area contributed by atoms with Crippen molar-refractivity contribution in [2.45, 2.75) is 64.9 Å². The first-order valence-corrected chi connectivity index (χ1v) is 15.5.